The smallest absolute Gasteiger partial charge is 0.326 e. The fourth-order valence-corrected chi connectivity index (χ4v) is 3.50. The summed E-state index contributed by atoms with van der Waals surface area (Å²) in [4.78, 5) is 38.2. The number of nitrogens with zero attached hydrogens (tertiary/aromatic N) is 1. The van der Waals surface area contributed by atoms with Gasteiger partial charge in [-0.05, 0) is 30.0 Å². The van der Waals surface area contributed by atoms with Crippen molar-refractivity contribution in [1.29, 1.82) is 0 Å². The normalized spacial score (nSPS) is 16.8. The van der Waals surface area contributed by atoms with Gasteiger partial charge in [0.2, 0.25) is 11.8 Å². The highest BCUT2D eigenvalue weighted by atomic mass is 16.4. The van der Waals surface area contributed by atoms with Gasteiger partial charge >= 0.3 is 5.97 Å². The molecule has 0 bridgehead atoms. The molecule has 28 heavy (non-hydrogen) atoms. The van der Waals surface area contributed by atoms with E-state index in [0.717, 1.165) is 16.7 Å². The van der Waals surface area contributed by atoms with Gasteiger partial charge in [0, 0.05) is 19.4 Å². The highest BCUT2D eigenvalue weighted by Gasteiger charge is 2.36. The molecule has 1 aliphatic heterocycles. The maximum absolute atomic E-state index is 12.9. The molecule has 1 heterocycles. The molecule has 0 aromatic heterocycles. The van der Waals surface area contributed by atoms with Crippen molar-refractivity contribution in [2.75, 3.05) is 0 Å². The molecule has 0 saturated heterocycles. The van der Waals surface area contributed by atoms with E-state index in [1.54, 1.807) is 6.92 Å². The summed E-state index contributed by atoms with van der Waals surface area (Å²) < 4.78 is 0. The van der Waals surface area contributed by atoms with Crippen molar-refractivity contribution >= 4 is 17.8 Å². The Morgan fingerprint density at radius 3 is 2.39 bits per heavy atom. The number of carbonyl (C=O) groups is 3. The molecule has 2 atom stereocenters. The van der Waals surface area contributed by atoms with E-state index in [1.165, 1.54) is 4.90 Å². The molecule has 2 N–H and O–H groups in total. The molecular weight excluding hydrogens is 356 g/mol. The van der Waals surface area contributed by atoms with Gasteiger partial charge in [0.05, 0.1) is 0 Å². The van der Waals surface area contributed by atoms with Crippen LogP contribution < -0.4 is 5.32 Å². The maximum Gasteiger partial charge on any atom is 0.326 e. The van der Waals surface area contributed by atoms with Gasteiger partial charge in [-0.2, -0.15) is 0 Å². The molecule has 3 rings (SSSR count). The van der Waals surface area contributed by atoms with Crippen LogP contribution in [0.1, 0.15) is 30.0 Å². The molecule has 2 aromatic rings. The van der Waals surface area contributed by atoms with E-state index in [2.05, 4.69) is 5.32 Å². The Balaban J connectivity index is 1.62. The summed E-state index contributed by atoms with van der Waals surface area (Å²) in [7, 11) is 0. The van der Waals surface area contributed by atoms with Crippen molar-refractivity contribution < 1.29 is 19.5 Å². The topological polar surface area (TPSA) is 86.7 Å². The lowest BCUT2D eigenvalue weighted by Gasteiger charge is -2.36. The average molecular weight is 380 g/mol. The van der Waals surface area contributed by atoms with Gasteiger partial charge < -0.3 is 15.3 Å². The summed E-state index contributed by atoms with van der Waals surface area (Å²) in [5.74, 6) is -1.64. The predicted molar refractivity (Wildman–Crippen MR) is 104 cm³/mol. The number of carboxylic acid groups (broad SMARTS) is 1. The summed E-state index contributed by atoms with van der Waals surface area (Å²) in [6, 6.07) is 15.5. The predicted octanol–water partition coefficient (Wildman–Crippen LogP) is 2.16. The van der Waals surface area contributed by atoms with Crippen molar-refractivity contribution in [1.82, 2.24) is 10.2 Å². The summed E-state index contributed by atoms with van der Waals surface area (Å²) in [5.41, 5.74) is 2.93. The molecule has 0 aliphatic carbocycles. The lowest BCUT2D eigenvalue weighted by Crippen LogP contribution is -2.54. The van der Waals surface area contributed by atoms with E-state index in [1.807, 2.05) is 54.6 Å². The van der Waals surface area contributed by atoms with Crippen molar-refractivity contribution in [3.8, 4) is 0 Å². The van der Waals surface area contributed by atoms with Crippen molar-refractivity contribution in [3.05, 3.63) is 71.3 Å². The molecule has 6 nitrogen and oxygen atoms in total. The number of carbonyl (C=O) groups excluding carboxylic acids is 2. The number of nitrogens with one attached hydrogen (secondary N) is 1. The molecule has 2 amide bonds. The standard InChI is InChI=1S/C22H24N2O4/c1-15(23-20(25)12-11-16-7-3-2-4-8-16)21(26)24-14-18-10-6-5-9-17(18)13-19(24)22(27)28/h2-10,15,19H,11-14H2,1H3,(H,23,25)(H,27,28). The number of carboxylic acids is 1. The minimum absolute atomic E-state index is 0.228. The minimum Gasteiger partial charge on any atom is -0.480 e. The number of aryl methyl sites for hydroxylation is 1. The Bertz CT molecular complexity index is 866. The van der Waals surface area contributed by atoms with Gasteiger partial charge in [0.25, 0.3) is 0 Å². The zero-order valence-electron chi connectivity index (χ0n) is 15.8. The molecular formula is C22H24N2O4. The van der Waals surface area contributed by atoms with Crippen molar-refractivity contribution in [3.63, 3.8) is 0 Å². The van der Waals surface area contributed by atoms with Gasteiger partial charge in [-0.25, -0.2) is 4.79 Å². The second-order valence-corrected chi connectivity index (χ2v) is 7.07. The van der Waals surface area contributed by atoms with Crippen molar-refractivity contribution in [2.45, 2.75) is 44.8 Å². The average Bonchev–Trinajstić information content (AvgIpc) is 2.71. The van der Waals surface area contributed by atoms with Crippen LogP contribution in [0.5, 0.6) is 0 Å². The summed E-state index contributed by atoms with van der Waals surface area (Å²) in [6.45, 7) is 1.83. The van der Waals surface area contributed by atoms with Crippen LogP contribution in [-0.2, 0) is 33.8 Å². The van der Waals surface area contributed by atoms with Gasteiger partial charge in [-0.15, -0.1) is 0 Å². The van der Waals surface area contributed by atoms with Crippen LogP contribution >= 0.6 is 0 Å². The summed E-state index contributed by atoms with van der Waals surface area (Å²) in [6.07, 6.45) is 1.13. The number of hydrogen-bond acceptors (Lipinski definition) is 3. The van der Waals surface area contributed by atoms with E-state index in [9.17, 15) is 19.5 Å². The summed E-state index contributed by atoms with van der Waals surface area (Å²) in [5, 5.41) is 12.3. The lowest BCUT2D eigenvalue weighted by molar-refractivity contribution is -0.152. The Morgan fingerprint density at radius 1 is 1.07 bits per heavy atom. The Hall–Kier alpha value is -3.15. The number of fused-ring (bicyclic) bond motifs is 1. The maximum atomic E-state index is 12.9. The van der Waals surface area contributed by atoms with E-state index < -0.39 is 18.1 Å². The zero-order chi connectivity index (χ0) is 20.1. The quantitative estimate of drug-likeness (QED) is 0.804. The van der Waals surface area contributed by atoms with Crippen LogP contribution in [0.3, 0.4) is 0 Å². The second kappa shape index (κ2) is 8.69. The van der Waals surface area contributed by atoms with Gasteiger partial charge in [0.1, 0.15) is 12.1 Å². The third kappa shape index (κ3) is 4.57. The number of rotatable bonds is 6. The molecule has 0 spiro atoms. The number of amides is 2. The van der Waals surface area contributed by atoms with E-state index in [4.69, 9.17) is 0 Å². The van der Waals surface area contributed by atoms with E-state index in [0.29, 0.717) is 6.42 Å². The van der Waals surface area contributed by atoms with Gasteiger partial charge in [-0.1, -0.05) is 54.6 Å². The third-order valence-electron chi connectivity index (χ3n) is 5.05. The first-order chi connectivity index (χ1) is 13.5. The van der Waals surface area contributed by atoms with Crippen LogP contribution in [0.15, 0.2) is 54.6 Å². The lowest BCUT2D eigenvalue weighted by atomic mass is 9.93. The van der Waals surface area contributed by atoms with Crippen LogP contribution in [0, 0.1) is 0 Å². The molecule has 146 valence electrons. The molecule has 1 aliphatic rings. The fraction of sp³-hybridized carbons (Fsp3) is 0.318. The van der Waals surface area contributed by atoms with Gasteiger partial charge in [0.15, 0.2) is 0 Å². The Kier molecular flexibility index (Phi) is 6.09. The highest BCUT2D eigenvalue weighted by molar-refractivity contribution is 5.90. The molecule has 0 fully saturated rings. The molecule has 6 heteroatoms. The summed E-state index contributed by atoms with van der Waals surface area (Å²) >= 11 is 0. The molecule has 2 unspecified atom stereocenters. The monoisotopic (exact) mass is 380 g/mol. The SMILES string of the molecule is CC(NC(=O)CCc1ccccc1)C(=O)N1Cc2ccccc2CC1C(=O)O. The van der Waals surface area contributed by atoms with Crippen LogP contribution in [-0.4, -0.2) is 39.9 Å². The molecule has 0 saturated carbocycles. The number of aliphatic carboxylic acids is 1. The van der Waals surface area contributed by atoms with E-state index in [-0.39, 0.29) is 31.2 Å². The first-order valence-electron chi connectivity index (χ1n) is 9.39. The van der Waals surface area contributed by atoms with Crippen molar-refractivity contribution in [2.24, 2.45) is 0 Å². The van der Waals surface area contributed by atoms with Gasteiger partial charge in [-0.3, -0.25) is 9.59 Å². The number of benzene rings is 2. The minimum atomic E-state index is -1.04. The first kappa shape index (κ1) is 19.6. The Labute approximate surface area is 164 Å². The van der Waals surface area contributed by atoms with Crippen LogP contribution in [0.2, 0.25) is 0 Å². The third-order valence-corrected chi connectivity index (χ3v) is 5.05. The first-order valence-corrected chi connectivity index (χ1v) is 9.39. The zero-order valence-corrected chi connectivity index (χ0v) is 15.8. The second-order valence-electron chi connectivity index (χ2n) is 7.07. The molecule has 2 aromatic carbocycles. The largest absolute Gasteiger partial charge is 0.480 e. The van der Waals surface area contributed by atoms with Crippen LogP contribution in [0.4, 0.5) is 0 Å². The van der Waals surface area contributed by atoms with Crippen LogP contribution in [0.25, 0.3) is 0 Å². The molecule has 0 radical (unpaired) electrons. The fourth-order valence-electron chi connectivity index (χ4n) is 3.50. The number of hydrogen-bond donors (Lipinski definition) is 2. The van der Waals surface area contributed by atoms with E-state index >= 15 is 0 Å². The highest BCUT2D eigenvalue weighted by Crippen LogP contribution is 2.24. The Morgan fingerprint density at radius 2 is 1.71 bits per heavy atom.